The number of halogens is 1. The van der Waals surface area contributed by atoms with Gasteiger partial charge in [0.1, 0.15) is 5.75 Å². The van der Waals surface area contributed by atoms with Gasteiger partial charge in [0.25, 0.3) is 0 Å². The van der Waals surface area contributed by atoms with E-state index in [0.29, 0.717) is 27.5 Å². The molecule has 130 valence electrons. The Morgan fingerprint density at radius 2 is 1.65 bits per heavy atom. The summed E-state index contributed by atoms with van der Waals surface area (Å²) in [7, 11) is 0. The van der Waals surface area contributed by atoms with E-state index in [9.17, 15) is 4.79 Å². The smallest absolute Gasteiger partial charge is 0.342 e. The molecule has 0 aromatic heterocycles. The van der Waals surface area contributed by atoms with Crippen LogP contribution in [0, 0.1) is 13.8 Å². The summed E-state index contributed by atoms with van der Waals surface area (Å²) < 4.78 is 12.3. The van der Waals surface area contributed by atoms with Crippen molar-refractivity contribution in [2.45, 2.75) is 19.6 Å². The van der Waals surface area contributed by atoms with Gasteiger partial charge in [0.2, 0.25) is 0 Å². The van der Waals surface area contributed by atoms with Crippen LogP contribution in [0.2, 0.25) is 5.02 Å². The zero-order chi connectivity index (χ0) is 18.3. The van der Waals surface area contributed by atoms with Gasteiger partial charge < -0.3 is 9.47 Å². The van der Waals surface area contributed by atoms with Crippen LogP contribution in [0.5, 0.6) is 5.75 Å². The third-order valence-corrected chi connectivity index (χ3v) is 5.02. The van der Waals surface area contributed by atoms with Gasteiger partial charge in [-0.05, 0) is 67.4 Å². The van der Waals surface area contributed by atoms with E-state index in [-0.39, 0.29) is 0 Å². The first-order valence-electron chi connectivity index (χ1n) is 8.35. The van der Waals surface area contributed by atoms with Crippen LogP contribution in [0.15, 0.2) is 66.7 Å². The summed E-state index contributed by atoms with van der Waals surface area (Å²) in [5.74, 6) is -1.07. The van der Waals surface area contributed by atoms with Crippen LogP contribution in [-0.2, 0) is 10.5 Å². The number of carbonyl (C=O) groups is 1. The lowest BCUT2D eigenvalue weighted by molar-refractivity contribution is -0.109. The molecule has 3 aromatic rings. The highest BCUT2D eigenvalue weighted by atomic mass is 35.5. The molecule has 1 aliphatic heterocycles. The van der Waals surface area contributed by atoms with E-state index in [2.05, 4.69) is 0 Å². The molecule has 0 unspecified atom stereocenters. The van der Waals surface area contributed by atoms with E-state index in [0.717, 1.165) is 11.1 Å². The quantitative estimate of drug-likeness (QED) is 0.583. The van der Waals surface area contributed by atoms with Gasteiger partial charge in [-0.3, -0.25) is 0 Å². The van der Waals surface area contributed by atoms with Crippen LogP contribution in [0.1, 0.15) is 32.6 Å². The summed E-state index contributed by atoms with van der Waals surface area (Å²) in [6.45, 7) is 4.01. The summed E-state index contributed by atoms with van der Waals surface area (Å²) in [4.78, 5) is 12.5. The molecule has 0 N–H and O–H groups in total. The Labute approximate surface area is 157 Å². The second kappa shape index (κ2) is 6.19. The van der Waals surface area contributed by atoms with E-state index in [1.165, 1.54) is 0 Å². The zero-order valence-corrected chi connectivity index (χ0v) is 15.2. The number of esters is 1. The van der Waals surface area contributed by atoms with Crippen LogP contribution in [-0.4, -0.2) is 5.97 Å². The summed E-state index contributed by atoms with van der Waals surface area (Å²) in [6.07, 6.45) is 0. The van der Waals surface area contributed by atoms with Crippen molar-refractivity contribution in [1.82, 2.24) is 0 Å². The maximum Gasteiger partial charge on any atom is 0.342 e. The third kappa shape index (κ3) is 2.56. The SMILES string of the molecule is Cc1cccc(O[C@]2(c3ccc(Cl)cc3)OC(=O)c3ccccc32)c1C. The predicted octanol–water partition coefficient (Wildman–Crippen LogP) is 5.41. The van der Waals surface area contributed by atoms with Crippen molar-refractivity contribution < 1.29 is 14.3 Å². The minimum atomic E-state index is -1.34. The highest BCUT2D eigenvalue weighted by molar-refractivity contribution is 6.30. The van der Waals surface area contributed by atoms with E-state index in [1.807, 2.05) is 62.4 Å². The van der Waals surface area contributed by atoms with Crippen molar-refractivity contribution in [1.29, 1.82) is 0 Å². The summed E-state index contributed by atoms with van der Waals surface area (Å²) in [5, 5.41) is 0.605. The van der Waals surface area contributed by atoms with Crippen molar-refractivity contribution in [3.8, 4) is 5.75 Å². The Morgan fingerprint density at radius 3 is 2.42 bits per heavy atom. The molecule has 0 bridgehead atoms. The number of benzene rings is 3. The molecule has 0 saturated heterocycles. The van der Waals surface area contributed by atoms with E-state index >= 15 is 0 Å². The number of cyclic esters (lactones) is 1. The van der Waals surface area contributed by atoms with Gasteiger partial charge in [-0.25, -0.2) is 4.79 Å². The monoisotopic (exact) mass is 364 g/mol. The third-order valence-electron chi connectivity index (χ3n) is 4.77. The van der Waals surface area contributed by atoms with Crippen molar-refractivity contribution in [3.63, 3.8) is 0 Å². The average Bonchev–Trinajstić information content (AvgIpc) is 2.93. The van der Waals surface area contributed by atoms with Crippen LogP contribution in [0.4, 0.5) is 0 Å². The number of ether oxygens (including phenoxy) is 2. The first-order valence-corrected chi connectivity index (χ1v) is 8.73. The van der Waals surface area contributed by atoms with Gasteiger partial charge in [0.15, 0.2) is 0 Å². The fraction of sp³-hybridized carbons (Fsp3) is 0.136. The Kier molecular flexibility index (Phi) is 3.97. The molecule has 4 rings (SSSR count). The van der Waals surface area contributed by atoms with Crippen LogP contribution in [0.3, 0.4) is 0 Å². The van der Waals surface area contributed by atoms with Crippen LogP contribution >= 0.6 is 11.6 Å². The molecule has 3 nitrogen and oxygen atoms in total. The highest BCUT2D eigenvalue weighted by Crippen LogP contribution is 2.44. The van der Waals surface area contributed by atoms with E-state index in [1.54, 1.807) is 18.2 Å². The normalized spacial score (nSPS) is 18.3. The first-order chi connectivity index (χ1) is 12.5. The minimum absolute atomic E-state index is 0.402. The van der Waals surface area contributed by atoms with Crippen molar-refractivity contribution in [2.24, 2.45) is 0 Å². The molecular formula is C22H17ClO3. The largest absolute Gasteiger partial charge is 0.444 e. The number of rotatable bonds is 3. The van der Waals surface area contributed by atoms with Gasteiger partial charge >= 0.3 is 11.8 Å². The second-order valence-corrected chi connectivity index (χ2v) is 6.80. The number of carbonyl (C=O) groups excluding carboxylic acids is 1. The van der Waals surface area contributed by atoms with Crippen LogP contribution < -0.4 is 4.74 Å². The van der Waals surface area contributed by atoms with E-state index in [4.69, 9.17) is 21.1 Å². The lowest BCUT2D eigenvalue weighted by Crippen LogP contribution is -2.35. The molecule has 1 aliphatic rings. The lowest BCUT2D eigenvalue weighted by atomic mass is 9.95. The van der Waals surface area contributed by atoms with Crippen LogP contribution in [0.25, 0.3) is 0 Å². The van der Waals surface area contributed by atoms with Gasteiger partial charge in [-0.1, -0.05) is 35.9 Å². The molecule has 0 aliphatic carbocycles. The maximum absolute atomic E-state index is 12.5. The summed E-state index contributed by atoms with van der Waals surface area (Å²) >= 11 is 6.05. The number of aryl methyl sites for hydroxylation is 1. The molecule has 1 atom stereocenters. The maximum atomic E-state index is 12.5. The average molecular weight is 365 g/mol. The summed E-state index contributed by atoms with van der Waals surface area (Å²) in [6, 6.07) is 20.3. The molecule has 0 spiro atoms. The minimum Gasteiger partial charge on any atom is -0.444 e. The van der Waals surface area contributed by atoms with E-state index < -0.39 is 11.8 Å². The summed E-state index contributed by atoms with van der Waals surface area (Å²) in [5.41, 5.74) is 4.01. The number of fused-ring (bicyclic) bond motifs is 1. The Balaban J connectivity index is 1.93. The molecule has 3 aromatic carbocycles. The Bertz CT molecular complexity index is 995. The van der Waals surface area contributed by atoms with Crippen molar-refractivity contribution >= 4 is 17.6 Å². The molecule has 1 heterocycles. The molecule has 4 heteroatoms. The molecule has 0 amide bonds. The fourth-order valence-corrected chi connectivity index (χ4v) is 3.32. The topological polar surface area (TPSA) is 35.5 Å². The Hall–Kier alpha value is -2.78. The van der Waals surface area contributed by atoms with Crippen molar-refractivity contribution in [3.05, 3.63) is 99.6 Å². The molecule has 26 heavy (non-hydrogen) atoms. The fourth-order valence-electron chi connectivity index (χ4n) is 3.20. The number of hydrogen-bond acceptors (Lipinski definition) is 3. The second-order valence-electron chi connectivity index (χ2n) is 6.36. The van der Waals surface area contributed by atoms with Gasteiger partial charge in [0.05, 0.1) is 11.1 Å². The predicted molar refractivity (Wildman–Crippen MR) is 101 cm³/mol. The highest BCUT2D eigenvalue weighted by Gasteiger charge is 2.49. The molecular weight excluding hydrogens is 348 g/mol. The zero-order valence-electron chi connectivity index (χ0n) is 14.5. The van der Waals surface area contributed by atoms with Gasteiger partial charge in [-0.2, -0.15) is 0 Å². The van der Waals surface area contributed by atoms with Gasteiger partial charge in [-0.15, -0.1) is 0 Å². The standard InChI is InChI=1S/C22H17ClO3/c1-14-6-5-9-20(15(14)2)25-22(16-10-12-17(23)13-11-16)19-8-4-3-7-18(19)21(24)26-22/h3-13H,1-2H3/t22-/m1/s1. The first kappa shape index (κ1) is 16.7. The van der Waals surface area contributed by atoms with Crippen molar-refractivity contribution in [2.75, 3.05) is 0 Å². The Morgan fingerprint density at radius 1 is 0.923 bits per heavy atom. The lowest BCUT2D eigenvalue weighted by Gasteiger charge is -2.31. The molecule has 0 radical (unpaired) electrons. The molecule has 0 fully saturated rings. The van der Waals surface area contributed by atoms with Gasteiger partial charge in [0, 0.05) is 10.6 Å². The molecule has 0 saturated carbocycles. The number of hydrogen-bond donors (Lipinski definition) is 0.